The third kappa shape index (κ3) is 3.33. The molecule has 166 valence electrons. The Bertz CT molecular complexity index is 1020. The van der Waals surface area contributed by atoms with E-state index < -0.39 is 22.0 Å². The van der Waals surface area contributed by atoms with Crippen LogP contribution in [0.15, 0.2) is 47.6 Å². The van der Waals surface area contributed by atoms with Gasteiger partial charge in [-0.25, -0.2) is 18.4 Å². The molecule has 31 heavy (non-hydrogen) atoms. The van der Waals surface area contributed by atoms with Gasteiger partial charge in [-0.05, 0) is 18.6 Å². The van der Waals surface area contributed by atoms with E-state index in [4.69, 9.17) is 9.47 Å². The van der Waals surface area contributed by atoms with Crippen LogP contribution in [0, 0.1) is 0 Å². The predicted molar refractivity (Wildman–Crippen MR) is 114 cm³/mol. The Hall–Kier alpha value is -2.11. The number of benzene rings is 1. The summed E-state index contributed by atoms with van der Waals surface area (Å²) in [6.07, 6.45) is 3.61. The summed E-state index contributed by atoms with van der Waals surface area (Å²) < 4.78 is 41.3. The molecule has 0 bridgehead atoms. The summed E-state index contributed by atoms with van der Waals surface area (Å²) in [5.41, 5.74) is 0.596. The van der Waals surface area contributed by atoms with Crippen LogP contribution in [0.25, 0.3) is 0 Å². The van der Waals surface area contributed by atoms with E-state index in [1.807, 2.05) is 19.1 Å². The zero-order valence-electron chi connectivity index (χ0n) is 17.6. The molecule has 1 atom stereocenters. The Morgan fingerprint density at radius 3 is 2.39 bits per heavy atom. The number of fused-ring (bicyclic) bond motifs is 2. The van der Waals surface area contributed by atoms with Gasteiger partial charge in [0.2, 0.25) is 21.8 Å². The molecule has 1 aromatic heterocycles. The number of sulfonamides is 1. The topological polar surface area (TPSA) is 88.1 Å². The number of rotatable bonds is 4. The summed E-state index contributed by atoms with van der Waals surface area (Å²) in [6, 6.07) is 8.87. The molecular weight excluding hydrogens is 418 g/mol. The van der Waals surface area contributed by atoms with Gasteiger partial charge in [0.15, 0.2) is 0 Å². The van der Waals surface area contributed by atoms with Gasteiger partial charge in [0, 0.05) is 50.7 Å². The highest BCUT2D eigenvalue weighted by molar-refractivity contribution is 7.89. The number of piperazine rings is 1. The van der Waals surface area contributed by atoms with Crippen molar-refractivity contribution in [3.05, 3.63) is 48.3 Å². The highest BCUT2D eigenvalue weighted by Gasteiger charge is 2.59. The normalized spacial score (nSPS) is 25.6. The maximum atomic E-state index is 13.6. The van der Waals surface area contributed by atoms with E-state index in [1.54, 1.807) is 34.9 Å². The van der Waals surface area contributed by atoms with Crippen LogP contribution in [0.3, 0.4) is 0 Å². The van der Waals surface area contributed by atoms with Crippen LogP contribution in [-0.4, -0.2) is 79.7 Å². The first-order valence-electron chi connectivity index (χ1n) is 10.7. The molecule has 9 nitrogen and oxygen atoms in total. The Balaban J connectivity index is 1.53. The van der Waals surface area contributed by atoms with Gasteiger partial charge >= 0.3 is 0 Å². The van der Waals surface area contributed by atoms with Gasteiger partial charge in [0.25, 0.3) is 0 Å². The molecule has 3 aliphatic heterocycles. The van der Waals surface area contributed by atoms with Gasteiger partial charge in [-0.2, -0.15) is 4.31 Å². The number of ether oxygens (including phenoxy) is 2. The van der Waals surface area contributed by atoms with E-state index >= 15 is 0 Å². The molecule has 0 amide bonds. The Morgan fingerprint density at radius 2 is 1.71 bits per heavy atom. The lowest BCUT2D eigenvalue weighted by Crippen LogP contribution is -2.67. The second-order valence-corrected chi connectivity index (χ2v) is 9.78. The Morgan fingerprint density at radius 1 is 1.03 bits per heavy atom. The van der Waals surface area contributed by atoms with Crippen molar-refractivity contribution < 1.29 is 17.9 Å². The molecule has 3 aliphatic rings. The van der Waals surface area contributed by atoms with Crippen LogP contribution in [0.4, 0.5) is 5.95 Å². The van der Waals surface area contributed by atoms with E-state index in [1.165, 1.54) is 0 Å². The standard InChI is InChI=1S/C21H27N5O4S/c1-2-10-26-19(24-11-13-25(14-12-24)20-22-8-5-9-23-20)21(29-15-16-30-21)17-6-3-4-7-18(17)31(26,27)28/h3-9,19H,2,10-16H2,1H3. The fraction of sp³-hybridized carbons (Fsp3) is 0.524. The molecule has 10 heteroatoms. The first-order chi connectivity index (χ1) is 15.1. The molecule has 2 saturated heterocycles. The highest BCUT2D eigenvalue weighted by Crippen LogP contribution is 2.47. The van der Waals surface area contributed by atoms with Gasteiger partial charge in [-0.1, -0.05) is 25.1 Å². The molecule has 1 aromatic carbocycles. The van der Waals surface area contributed by atoms with E-state index in [0.717, 1.165) is 0 Å². The minimum atomic E-state index is -3.68. The summed E-state index contributed by atoms with van der Waals surface area (Å²) in [5.74, 6) is -0.431. The summed E-state index contributed by atoms with van der Waals surface area (Å²) >= 11 is 0. The molecule has 0 N–H and O–H groups in total. The van der Waals surface area contributed by atoms with Crippen molar-refractivity contribution in [2.24, 2.45) is 0 Å². The van der Waals surface area contributed by atoms with Crippen LogP contribution in [-0.2, 0) is 25.3 Å². The van der Waals surface area contributed by atoms with E-state index in [-0.39, 0.29) is 4.90 Å². The lowest BCUT2D eigenvalue weighted by atomic mass is 10.00. The zero-order valence-corrected chi connectivity index (χ0v) is 18.4. The number of anilines is 1. The molecular formula is C21H27N5O4S. The zero-order chi connectivity index (χ0) is 21.5. The van der Waals surface area contributed by atoms with Crippen LogP contribution >= 0.6 is 0 Å². The Labute approximate surface area is 182 Å². The van der Waals surface area contributed by atoms with Crippen molar-refractivity contribution in [2.45, 2.75) is 30.2 Å². The van der Waals surface area contributed by atoms with Gasteiger partial charge in [-0.15, -0.1) is 0 Å². The lowest BCUT2D eigenvalue weighted by molar-refractivity contribution is -0.241. The Kier molecular flexibility index (Phi) is 5.43. The number of nitrogens with zero attached hydrogens (tertiary/aromatic N) is 5. The van der Waals surface area contributed by atoms with Crippen LogP contribution < -0.4 is 4.90 Å². The smallest absolute Gasteiger partial charge is 0.245 e. The van der Waals surface area contributed by atoms with Crippen molar-refractivity contribution in [3.63, 3.8) is 0 Å². The van der Waals surface area contributed by atoms with Gasteiger partial charge in [0.05, 0.1) is 18.1 Å². The fourth-order valence-corrected chi connectivity index (χ4v) is 6.75. The molecule has 5 rings (SSSR count). The maximum absolute atomic E-state index is 13.6. The van der Waals surface area contributed by atoms with E-state index in [2.05, 4.69) is 19.8 Å². The monoisotopic (exact) mass is 445 g/mol. The van der Waals surface area contributed by atoms with Gasteiger partial charge in [-0.3, -0.25) is 4.90 Å². The SMILES string of the molecule is CCCN1C(N2CCN(c3ncccn3)CC2)C2(OCCO2)c2ccccc2S1(=O)=O. The van der Waals surface area contributed by atoms with E-state index in [9.17, 15) is 8.42 Å². The highest BCUT2D eigenvalue weighted by atomic mass is 32.2. The summed E-state index contributed by atoms with van der Waals surface area (Å²) in [4.78, 5) is 13.3. The summed E-state index contributed by atoms with van der Waals surface area (Å²) in [6.45, 7) is 5.94. The van der Waals surface area contributed by atoms with Crippen molar-refractivity contribution in [3.8, 4) is 0 Å². The van der Waals surface area contributed by atoms with Gasteiger partial charge < -0.3 is 14.4 Å². The molecule has 2 aromatic rings. The van der Waals surface area contributed by atoms with Crippen molar-refractivity contribution in [1.82, 2.24) is 19.2 Å². The molecule has 4 heterocycles. The van der Waals surface area contributed by atoms with Crippen molar-refractivity contribution >= 4 is 16.0 Å². The molecule has 0 aliphatic carbocycles. The average Bonchev–Trinajstić information content (AvgIpc) is 3.29. The number of aromatic nitrogens is 2. The first-order valence-corrected chi connectivity index (χ1v) is 12.2. The van der Waals surface area contributed by atoms with Crippen LogP contribution in [0.5, 0.6) is 0 Å². The fourth-order valence-electron chi connectivity index (χ4n) is 4.81. The second-order valence-electron chi connectivity index (χ2n) is 7.92. The maximum Gasteiger partial charge on any atom is 0.245 e. The van der Waals surface area contributed by atoms with E-state index in [0.29, 0.717) is 63.9 Å². The summed E-state index contributed by atoms with van der Waals surface area (Å²) in [5, 5.41) is 0. The quantitative estimate of drug-likeness (QED) is 0.695. The largest absolute Gasteiger partial charge is 0.341 e. The van der Waals surface area contributed by atoms with Gasteiger partial charge in [0.1, 0.15) is 6.17 Å². The average molecular weight is 446 g/mol. The summed E-state index contributed by atoms with van der Waals surface area (Å²) in [7, 11) is -3.68. The number of hydrogen-bond acceptors (Lipinski definition) is 8. The van der Waals surface area contributed by atoms with Crippen molar-refractivity contribution in [1.29, 1.82) is 0 Å². The molecule has 0 saturated carbocycles. The molecule has 0 radical (unpaired) electrons. The molecule has 2 fully saturated rings. The number of hydrogen-bond donors (Lipinski definition) is 0. The second kappa shape index (κ2) is 8.10. The lowest BCUT2D eigenvalue weighted by Gasteiger charge is -2.52. The minimum Gasteiger partial charge on any atom is -0.341 e. The molecule has 1 unspecified atom stereocenters. The first kappa shape index (κ1) is 20.8. The van der Waals surface area contributed by atoms with Crippen molar-refractivity contribution in [2.75, 3.05) is 50.8 Å². The third-order valence-corrected chi connectivity index (χ3v) is 8.03. The predicted octanol–water partition coefficient (Wildman–Crippen LogP) is 1.24. The van der Waals surface area contributed by atoms with Crippen LogP contribution in [0.1, 0.15) is 18.9 Å². The molecule has 1 spiro atoms. The minimum absolute atomic E-state index is 0.276. The third-order valence-electron chi connectivity index (χ3n) is 6.12. The van der Waals surface area contributed by atoms with Crippen LogP contribution in [0.2, 0.25) is 0 Å².